The monoisotopic (exact) mass is 351 g/mol. The Bertz CT molecular complexity index is 780. The van der Waals surface area contributed by atoms with Gasteiger partial charge in [0.05, 0.1) is 11.1 Å². The SMILES string of the molecule is Cc1cc(C)cc(NC(=O)COC(=O)c2cccc(C(F)(F)F)c2)c1. The molecule has 1 N–H and O–H groups in total. The van der Waals surface area contributed by atoms with E-state index in [9.17, 15) is 22.8 Å². The number of carbonyl (C=O) groups excluding carboxylic acids is 2. The summed E-state index contributed by atoms with van der Waals surface area (Å²) in [5.41, 5.74) is 1.24. The quantitative estimate of drug-likeness (QED) is 0.843. The number of carbonyl (C=O) groups is 2. The number of amides is 1. The maximum atomic E-state index is 12.6. The van der Waals surface area contributed by atoms with Gasteiger partial charge in [-0.05, 0) is 55.3 Å². The average Bonchev–Trinajstić information content (AvgIpc) is 2.51. The highest BCUT2D eigenvalue weighted by Crippen LogP contribution is 2.29. The summed E-state index contributed by atoms with van der Waals surface area (Å²) in [6, 6.07) is 9.27. The van der Waals surface area contributed by atoms with E-state index >= 15 is 0 Å². The highest BCUT2D eigenvalue weighted by Gasteiger charge is 2.31. The summed E-state index contributed by atoms with van der Waals surface area (Å²) in [5.74, 6) is -1.58. The molecule has 7 heteroatoms. The molecule has 2 aromatic carbocycles. The maximum Gasteiger partial charge on any atom is 0.416 e. The zero-order valence-electron chi connectivity index (χ0n) is 13.6. The Morgan fingerprint density at radius 2 is 1.68 bits per heavy atom. The molecule has 0 radical (unpaired) electrons. The Labute approximate surface area is 142 Å². The molecule has 0 aromatic heterocycles. The topological polar surface area (TPSA) is 55.4 Å². The van der Waals surface area contributed by atoms with Gasteiger partial charge in [0.25, 0.3) is 5.91 Å². The van der Waals surface area contributed by atoms with E-state index in [4.69, 9.17) is 4.74 Å². The highest BCUT2D eigenvalue weighted by molar-refractivity contribution is 5.95. The third-order valence-electron chi connectivity index (χ3n) is 3.27. The van der Waals surface area contributed by atoms with Crippen LogP contribution >= 0.6 is 0 Å². The third kappa shape index (κ3) is 5.34. The number of rotatable bonds is 4. The number of hydrogen-bond acceptors (Lipinski definition) is 3. The van der Waals surface area contributed by atoms with Crippen molar-refractivity contribution in [2.24, 2.45) is 0 Å². The molecule has 2 aromatic rings. The zero-order valence-corrected chi connectivity index (χ0v) is 13.6. The number of halogens is 3. The summed E-state index contributed by atoms with van der Waals surface area (Å²) in [6.07, 6.45) is -4.56. The molecule has 0 fully saturated rings. The van der Waals surface area contributed by atoms with Crippen molar-refractivity contribution in [2.75, 3.05) is 11.9 Å². The van der Waals surface area contributed by atoms with E-state index in [-0.39, 0.29) is 5.56 Å². The van der Waals surface area contributed by atoms with Crippen molar-refractivity contribution < 1.29 is 27.5 Å². The van der Waals surface area contributed by atoms with Crippen LogP contribution in [0.5, 0.6) is 0 Å². The lowest BCUT2D eigenvalue weighted by Gasteiger charge is -2.10. The first-order chi connectivity index (χ1) is 11.6. The standard InChI is InChI=1S/C18H16F3NO3/c1-11-6-12(2)8-15(7-11)22-16(23)10-25-17(24)13-4-3-5-14(9-13)18(19,20)21/h3-9H,10H2,1-2H3,(H,22,23). The first-order valence-electron chi connectivity index (χ1n) is 7.37. The Hall–Kier alpha value is -2.83. The molecule has 0 aliphatic rings. The van der Waals surface area contributed by atoms with Crippen LogP contribution in [-0.4, -0.2) is 18.5 Å². The van der Waals surface area contributed by atoms with Gasteiger partial charge in [-0.2, -0.15) is 13.2 Å². The van der Waals surface area contributed by atoms with Crippen molar-refractivity contribution in [3.63, 3.8) is 0 Å². The van der Waals surface area contributed by atoms with Crippen LogP contribution in [0.3, 0.4) is 0 Å². The first-order valence-corrected chi connectivity index (χ1v) is 7.37. The lowest BCUT2D eigenvalue weighted by atomic mass is 10.1. The van der Waals surface area contributed by atoms with Crippen LogP contribution in [0.25, 0.3) is 0 Å². The van der Waals surface area contributed by atoms with Crippen molar-refractivity contribution in [3.8, 4) is 0 Å². The fourth-order valence-electron chi connectivity index (χ4n) is 2.28. The van der Waals surface area contributed by atoms with Crippen LogP contribution in [0.1, 0.15) is 27.0 Å². The largest absolute Gasteiger partial charge is 0.452 e. The van der Waals surface area contributed by atoms with Crippen LogP contribution in [0.15, 0.2) is 42.5 Å². The number of anilines is 1. The van der Waals surface area contributed by atoms with E-state index in [1.807, 2.05) is 19.9 Å². The normalized spacial score (nSPS) is 11.1. The zero-order chi connectivity index (χ0) is 18.6. The van der Waals surface area contributed by atoms with Crippen molar-refractivity contribution in [1.29, 1.82) is 0 Å². The molecule has 0 heterocycles. The van der Waals surface area contributed by atoms with Crippen molar-refractivity contribution in [2.45, 2.75) is 20.0 Å². The maximum absolute atomic E-state index is 12.6. The summed E-state index contributed by atoms with van der Waals surface area (Å²) in [4.78, 5) is 23.6. The lowest BCUT2D eigenvalue weighted by Crippen LogP contribution is -2.21. The van der Waals surface area contributed by atoms with Crippen molar-refractivity contribution in [1.82, 2.24) is 0 Å². The summed E-state index contributed by atoms with van der Waals surface area (Å²) in [5, 5.41) is 2.57. The molecule has 2 rings (SSSR count). The van der Waals surface area contributed by atoms with Gasteiger partial charge >= 0.3 is 12.1 Å². The fraction of sp³-hybridized carbons (Fsp3) is 0.222. The number of alkyl halides is 3. The van der Waals surface area contributed by atoms with Crippen LogP contribution in [0.2, 0.25) is 0 Å². The van der Waals surface area contributed by atoms with E-state index in [0.29, 0.717) is 11.8 Å². The minimum Gasteiger partial charge on any atom is -0.452 e. The van der Waals surface area contributed by atoms with E-state index in [1.165, 1.54) is 6.07 Å². The summed E-state index contributed by atoms with van der Waals surface area (Å²) in [6.45, 7) is 3.15. The van der Waals surface area contributed by atoms with Gasteiger partial charge in [0, 0.05) is 5.69 Å². The molecular weight excluding hydrogens is 335 g/mol. The fourth-order valence-corrected chi connectivity index (χ4v) is 2.28. The number of aryl methyl sites for hydroxylation is 2. The molecular formula is C18H16F3NO3. The van der Waals surface area contributed by atoms with Gasteiger partial charge in [-0.15, -0.1) is 0 Å². The highest BCUT2D eigenvalue weighted by atomic mass is 19.4. The third-order valence-corrected chi connectivity index (χ3v) is 3.27. The lowest BCUT2D eigenvalue weighted by molar-refractivity contribution is -0.137. The van der Waals surface area contributed by atoms with Crippen LogP contribution < -0.4 is 5.32 Å². The van der Waals surface area contributed by atoms with Crippen molar-refractivity contribution in [3.05, 3.63) is 64.7 Å². The number of ether oxygens (including phenoxy) is 1. The number of benzene rings is 2. The molecule has 25 heavy (non-hydrogen) atoms. The molecule has 4 nitrogen and oxygen atoms in total. The smallest absolute Gasteiger partial charge is 0.416 e. The second-order valence-corrected chi connectivity index (χ2v) is 5.58. The molecule has 0 spiro atoms. The Morgan fingerprint density at radius 1 is 1.04 bits per heavy atom. The first kappa shape index (κ1) is 18.5. The second kappa shape index (κ2) is 7.38. The van der Waals surface area contributed by atoms with E-state index in [0.717, 1.165) is 23.3 Å². The molecule has 1 amide bonds. The molecule has 0 aliphatic carbocycles. The average molecular weight is 351 g/mol. The summed E-state index contributed by atoms with van der Waals surface area (Å²) < 4.78 is 42.7. The van der Waals surface area contributed by atoms with E-state index in [2.05, 4.69) is 5.32 Å². The van der Waals surface area contributed by atoms with Gasteiger partial charge in [-0.1, -0.05) is 12.1 Å². The molecule has 0 atom stereocenters. The van der Waals surface area contributed by atoms with Crippen LogP contribution in [0, 0.1) is 13.8 Å². The van der Waals surface area contributed by atoms with Gasteiger partial charge in [0.2, 0.25) is 0 Å². The Balaban J connectivity index is 1.96. The molecule has 0 saturated heterocycles. The minimum absolute atomic E-state index is 0.269. The molecule has 0 bridgehead atoms. The van der Waals surface area contributed by atoms with Gasteiger partial charge in [-0.3, -0.25) is 4.79 Å². The van der Waals surface area contributed by atoms with Gasteiger partial charge in [0.15, 0.2) is 6.61 Å². The van der Waals surface area contributed by atoms with E-state index < -0.39 is 30.2 Å². The Kier molecular flexibility index (Phi) is 5.46. The summed E-state index contributed by atoms with van der Waals surface area (Å²) in [7, 11) is 0. The van der Waals surface area contributed by atoms with Crippen LogP contribution in [-0.2, 0) is 15.7 Å². The minimum atomic E-state index is -4.56. The van der Waals surface area contributed by atoms with Crippen LogP contribution in [0.4, 0.5) is 18.9 Å². The van der Waals surface area contributed by atoms with Gasteiger partial charge in [0.1, 0.15) is 0 Å². The predicted molar refractivity (Wildman–Crippen MR) is 86.3 cm³/mol. The second-order valence-electron chi connectivity index (χ2n) is 5.58. The number of esters is 1. The summed E-state index contributed by atoms with van der Waals surface area (Å²) >= 11 is 0. The molecule has 0 aliphatic heterocycles. The number of nitrogens with one attached hydrogen (secondary N) is 1. The number of hydrogen-bond donors (Lipinski definition) is 1. The molecule has 0 unspecified atom stereocenters. The van der Waals surface area contributed by atoms with E-state index in [1.54, 1.807) is 12.1 Å². The van der Waals surface area contributed by atoms with Crippen molar-refractivity contribution >= 4 is 17.6 Å². The molecule has 132 valence electrons. The van der Waals surface area contributed by atoms with Gasteiger partial charge < -0.3 is 10.1 Å². The predicted octanol–water partition coefficient (Wildman–Crippen LogP) is 4.12. The Morgan fingerprint density at radius 3 is 2.28 bits per heavy atom. The molecule has 0 saturated carbocycles. The van der Waals surface area contributed by atoms with Gasteiger partial charge in [-0.25, -0.2) is 4.79 Å².